The first-order chi connectivity index (χ1) is 8.11. The van der Waals surface area contributed by atoms with Gasteiger partial charge in [-0.05, 0) is 39.2 Å². The molecule has 0 radical (unpaired) electrons. The smallest absolute Gasteiger partial charge is 0.226 e. The number of aromatic nitrogens is 2. The lowest BCUT2D eigenvalue weighted by Crippen LogP contribution is -2.11. The predicted octanol–water partition coefficient (Wildman–Crippen LogP) is 2.74. The van der Waals surface area contributed by atoms with Crippen LogP contribution in [0.25, 0.3) is 0 Å². The van der Waals surface area contributed by atoms with Crippen LogP contribution >= 0.6 is 11.8 Å². The number of nitrogens with one attached hydrogen (secondary N) is 1. The number of anilines is 1. The molecule has 0 amide bonds. The van der Waals surface area contributed by atoms with E-state index in [0.29, 0.717) is 11.8 Å². The molecule has 0 fully saturated rings. The van der Waals surface area contributed by atoms with E-state index in [4.69, 9.17) is 4.74 Å². The molecular formula is C12H21N3OS. The van der Waals surface area contributed by atoms with Gasteiger partial charge < -0.3 is 10.1 Å². The minimum absolute atomic E-state index is 0.133. The summed E-state index contributed by atoms with van der Waals surface area (Å²) in [6.07, 6.45) is 3.35. The Bertz CT molecular complexity index is 345. The molecule has 0 aliphatic heterocycles. The Morgan fingerprint density at radius 2 is 2.18 bits per heavy atom. The molecule has 0 unspecified atom stereocenters. The van der Waals surface area contributed by atoms with Crippen LogP contribution in [-0.2, 0) is 0 Å². The number of thioether (sulfide) groups is 1. The Balaban J connectivity index is 2.56. The third kappa shape index (κ3) is 5.77. The van der Waals surface area contributed by atoms with Gasteiger partial charge in [0, 0.05) is 18.3 Å². The molecule has 0 atom stereocenters. The topological polar surface area (TPSA) is 47.0 Å². The van der Waals surface area contributed by atoms with Crippen LogP contribution < -0.4 is 10.1 Å². The maximum atomic E-state index is 5.57. The van der Waals surface area contributed by atoms with E-state index in [2.05, 4.69) is 21.5 Å². The zero-order chi connectivity index (χ0) is 12.7. The van der Waals surface area contributed by atoms with Crippen molar-refractivity contribution >= 4 is 17.7 Å². The highest BCUT2D eigenvalue weighted by Crippen LogP contribution is 2.13. The summed E-state index contributed by atoms with van der Waals surface area (Å²) in [4.78, 5) is 8.65. The SMILES string of the molecule is CSCCCNc1nc(C)cc(OC(C)C)n1. The average Bonchev–Trinajstić information content (AvgIpc) is 2.22. The van der Waals surface area contributed by atoms with E-state index in [-0.39, 0.29) is 6.10 Å². The van der Waals surface area contributed by atoms with Crippen molar-refractivity contribution in [2.45, 2.75) is 33.3 Å². The van der Waals surface area contributed by atoms with E-state index in [0.717, 1.165) is 24.4 Å². The molecule has 1 rings (SSSR count). The number of aryl methyl sites for hydroxylation is 1. The molecule has 0 aliphatic rings. The zero-order valence-corrected chi connectivity index (χ0v) is 11.8. The minimum Gasteiger partial charge on any atom is -0.475 e. The summed E-state index contributed by atoms with van der Waals surface area (Å²) in [7, 11) is 0. The number of hydrogen-bond acceptors (Lipinski definition) is 5. The van der Waals surface area contributed by atoms with Crippen LogP contribution in [0.3, 0.4) is 0 Å². The lowest BCUT2D eigenvalue weighted by molar-refractivity contribution is 0.232. The van der Waals surface area contributed by atoms with Gasteiger partial charge in [0.1, 0.15) is 0 Å². The molecule has 1 aromatic heterocycles. The Labute approximate surface area is 108 Å². The van der Waals surface area contributed by atoms with Crippen LogP contribution in [0, 0.1) is 6.92 Å². The van der Waals surface area contributed by atoms with Gasteiger partial charge in [-0.25, -0.2) is 4.98 Å². The van der Waals surface area contributed by atoms with E-state index in [1.54, 1.807) is 0 Å². The molecule has 0 saturated heterocycles. The second kappa shape index (κ2) is 7.37. The first-order valence-electron chi connectivity index (χ1n) is 5.87. The molecule has 4 nitrogen and oxygen atoms in total. The van der Waals surface area contributed by atoms with Gasteiger partial charge in [0.15, 0.2) is 0 Å². The maximum Gasteiger partial charge on any atom is 0.226 e. The second-order valence-electron chi connectivity index (χ2n) is 4.11. The normalized spacial score (nSPS) is 10.6. The number of rotatable bonds is 7. The van der Waals surface area contributed by atoms with E-state index in [1.807, 2.05) is 38.6 Å². The quantitative estimate of drug-likeness (QED) is 0.759. The molecule has 1 N–H and O–H groups in total. The van der Waals surface area contributed by atoms with Gasteiger partial charge in [0.05, 0.1) is 6.10 Å². The summed E-state index contributed by atoms with van der Waals surface area (Å²) >= 11 is 1.85. The predicted molar refractivity (Wildman–Crippen MR) is 74.0 cm³/mol. The van der Waals surface area contributed by atoms with Crippen molar-refractivity contribution in [2.24, 2.45) is 0 Å². The van der Waals surface area contributed by atoms with Gasteiger partial charge in [-0.3, -0.25) is 0 Å². The van der Waals surface area contributed by atoms with Crippen molar-refractivity contribution in [3.05, 3.63) is 11.8 Å². The Kier molecular flexibility index (Phi) is 6.11. The fraction of sp³-hybridized carbons (Fsp3) is 0.667. The standard InChI is InChI=1S/C12H21N3OS/c1-9(2)16-11-8-10(3)14-12(15-11)13-6-5-7-17-4/h8-9H,5-7H2,1-4H3,(H,13,14,15). The average molecular weight is 255 g/mol. The van der Waals surface area contributed by atoms with Crippen LogP contribution in [0.4, 0.5) is 5.95 Å². The van der Waals surface area contributed by atoms with E-state index < -0.39 is 0 Å². The first-order valence-corrected chi connectivity index (χ1v) is 7.26. The molecule has 0 saturated carbocycles. The summed E-state index contributed by atoms with van der Waals surface area (Å²) in [6, 6.07) is 1.85. The summed E-state index contributed by atoms with van der Waals surface area (Å²) < 4.78 is 5.57. The van der Waals surface area contributed by atoms with Gasteiger partial charge in [0.25, 0.3) is 0 Å². The second-order valence-corrected chi connectivity index (χ2v) is 5.10. The van der Waals surface area contributed by atoms with Crippen LogP contribution in [0.5, 0.6) is 5.88 Å². The molecule has 0 bridgehead atoms. The molecule has 0 spiro atoms. The fourth-order valence-corrected chi connectivity index (χ4v) is 1.77. The van der Waals surface area contributed by atoms with Gasteiger partial charge in [-0.15, -0.1) is 0 Å². The number of ether oxygens (including phenoxy) is 1. The number of hydrogen-bond donors (Lipinski definition) is 1. The third-order valence-corrected chi connectivity index (χ3v) is 2.69. The number of nitrogens with zero attached hydrogens (tertiary/aromatic N) is 2. The summed E-state index contributed by atoms with van der Waals surface area (Å²) in [5.41, 5.74) is 0.919. The molecule has 0 aromatic carbocycles. The van der Waals surface area contributed by atoms with Gasteiger partial charge in [-0.2, -0.15) is 16.7 Å². The zero-order valence-electron chi connectivity index (χ0n) is 11.0. The van der Waals surface area contributed by atoms with Crippen molar-refractivity contribution in [1.82, 2.24) is 9.97 Å². The van der Waals surface area contributed by atoms with Crippen LogP contribution in [-0.4, -0.2) is 34.6 Å². The van der Waals surface area contributed by atoms with Crippen molar-refractivity contribution in [1.29, 1.82) is 0 Å². The molecule has 0 aliphatic carbocycles. The van der Waals surface area contributed by atoms with Crippen molar-refractivity contribution in [3.63, 3.8) is 0 Å². The molecule has 96 valence electrons. The van der Waals surface area contributed by atoms with Crippen LogP contribution in [0.1, 0.15) is 26.0 Å². The van der Waals surface area contributed by atoms with Crippen molar-refractivity contribution in [2.75, 3.05) is 23.9 Å². The molecule has 5 heteroatoms. The van der Waals surface area contributed by atoms with Crippen LogP contribution in [0.15, 0.2) is 6.07 Å². The van der Waals surface area contributed by atoms with Crippen molar-refractivity contribution < 1.29 is 4.74 Å². The minimum atomic E-state index is 0.133. The summed E-state index contributed by atoms with van der Waals surface area (Å²) in [5.74, 6) is 2.44. The molecular weight excluding hydrogens is 234 g/mol. The van der Waals surface area contributed by atoms with E-state index in [9.17, 15) is 0 Å². The fourth-order valence-electron chi connectivity index (χ4n) is 1.34. The summed E-state index contributed by atoms with van der Waals surface area (Å²) in [5, 5.41) is 3.22. The third-order valence-electron chi connectivity index (χ3n) is 2.00. The first kappa shape index (κ1) is 14.1. The van der Waals surface area contributed by atoms with Crippen LogP contribution in [0.2, 0.25) is 0 Å². The largest absolute Gasteiger partial charge is 0.475 e. The Morgan fingerprint density at radius 1 is 1.41 bits per heavy atom. The highest BCUT2D eigenvalue weighted by atomic mass is 32.2. The lowest BCUT2D eigenvalue weighted by atomic mass is 10.4. The van der Waals surface area contributed by atoms with Gasteiger partial charge >= 0.3 is 0 Å². The van der Waals surface area contributed by atoms with Gasteiger partial charge in [0.2, 0.25) is 11.8 Å². The molecule has 17 heavy (non-hydrogen) atoms. The highest BCUT2D eigenvalue weighted by molar-refractivity contribution is 7.98. The van der Waals surface area contributed by atoms with Crippen molar-refractivity contribution in [3.8, 4) is 5.88 Å². The maximum absolute atomic E-state index is 5.57. The highest BCUT2D eigenvalue weighted by Gasteiger charge is 2.04. The lowest BCUT2D eigenvalue weighted by Gasteiger charge is -2.11. The molecule has 1 aromatic rings. The van der Waals surface area contributed by atoms with E-state index >= 15 is 0 Å². The molecule has 1 heterocycles. The van der Waals surface area contributed by atoms with E-state index in [1.165, 1.54) is 0 Å². The monoisotopic (exact) mass is 255 g/mol. The van der Waals surface area contributed by atoms with Gasteiger partial charge in [-0.1, -0.05) is 0 Å². The summed E-state index contributed by atoms with van der Waals surface area (Å²) in [6.45, 7) is 6.82. The Hall–Kier alpha value is -0.970. The Morgan fingerprint density at radius 3 is 2.82 bits per heavy atom.